The third-order valence-corrected chi connectivity index (χ3v) is 4.13. The van der Waals surface area contributed by atoms with Crippen LogP contribution in [0.5, 0.6) is 5.75 Å². The fraction of sp³-hybridized carbons (Fsp3) is 0.444. The van der Waals surface area contributed by atoms with Gasteiger partial charge in [-0.1, -0.05) is 26.8 Å². The van der Waals surface area contributed by atoms with Crippen molar-refractivity contribution in [3.8, 4) is 5.75 Å². The van der Waals surface area contributed by atoms with E-state index in [1.54, 1.807) is 6.26 Å². The normalized spacial score (nSPS) is 17.3. The van der Waals surface area contributed by atoms with Gasteiger partial charge in [-0.3, -0.25) is 0 Å². The van der Waals surface area contributed by atoms with Gasteiger partial charge in [-0.15, -0.1) is 0 Å². The second kappa shape index (κ2) is 5.57. The van der Waals surface area contributed by atoms with Gasteiger partial charge < -0.3 is 14.5 Å². The molecule has 0 fully saturated rings. The van der Waals surface area contributed by atoms with Crippen LogP contribution < -0.4 is 10.1 Å². The molecule has 1 aromatic carbocycles. The van der Waals surface area contributed by atoms with Crippen molar-refractivity contribution in [2.75, 3.05) is 13.2 Å². The van der Waals surface area contributed by atoms with Crippen LogP contribution in [0.2, 0.25) is 0 Å². The Morgan fingerprint density at radius 2 is 2.10 bits per heavy atom. The fourth-order valence-corrected chi connectivity index (χ4v) is 2.87. The first-order valence-corrected chi connectivity index (χ1v) is 7.64. The molecule has 0 bridgehead atoms. The first-order valence-electron chi connectivity index (χ1n) is 7.64. The van der Waals surface area contributed by atoms with Gasteiger partial charge in [0, 0.05) is 16.5 Å². The van der Waals surface area contributed by atoms with Crippen molar-refractivity contribution in [1.29, 1.82) is 0 Å². The van der Waals surface area contributed by atoms with E-state index in [4.69, 9.17) is 9.15 Å². The molecule has 1 N–H and O–H groups in total. The molecule has 1 aromatic heterocycles. The summed E-state index contributed by atoms with van der Waals surface area (Å²) in [6.07, 6.45) is 4.66. The van der Waals surface area contributed by atoms with Crippen LogP contribution in [0.15, 0.2) is 41.2 Å². The molecule has 0 amide bonds. The molecule has 3 nitrogen and oxygen atoms in total. The standard InChI is InChI=1S/C18H23NO2/c1-4-8-19-17(14-7-9-20-11-14)13-5-6-16-15(10-13)18(2,3)12-21-16/h5-7,9-11,17,19H,4,8,12H2,1-3H3. The smallest absolute Gasteiger partial charge is 0.123 e. The number of fused-ring (bicyclic) bond motifs is 1. The molecule has 1 atom stereocenters. The van der Waals surface area contributed by atoms with Crippen molar-refractivity contribution in [3.05, 3.63) is 53.5 Å². The van der Waals surface area contributed by atoms with Crippen LogP contribution in [0.25, 0.3) is 0 Å². The van der Waals surface area contributed by atoms with Gasteiger partial charge in [-0.25, -0.2) is 0 Å². The average Bonchev–Trinajstić information content (AvgIpc) is 3.09. The van der Waals surface area contributed by atoms with E-state index in [0.717, 1.165) is 25.3 Å². The number of benzene rings is 1. The van der Waals surface area contributed by atoms with E-state index >= 15 is 0 Å². The molecule has 112 valence electrons. The molecule has 3 heteroatoms. The maximum absolute atomic E-state index is 5.78. The van der Waals surface area contributed by atoms with Crippen LogP contribution in [-0.4, -0.2) is 13.2 Å². The second-order valence-electron chi connectivity index (χ2n) is 6.37. The van der Waals surface area contributed by atoms with E-state index in [-0.39, 0.29) is 11.5 Å². The second-order valence-corrected chi connectivity index (χ2v) is 6.37. The minimum atomic E-state index is 0.0804. The van der Waals surface area contributed by atoms with Crippen LogP contribution >= 0.6 is 0 Å². The lowest BCUT2D eigenvalue weighted by Gasteiger charge is -2.21. The third kappa shape index (κ3) is 2.70. The Bertz CT molecular complexity index is 602. The number of hydrogen-bond acceptors (Lipinski definition) is 3. The van der Waals surface area contributed by atoms with Gasteiger partial charge in [0.2, 0.25) is 0 Å². The zero-order chi connectivity index (χ0) is 14.9. The maximum Gasteiger partial charge on any atom is 0.123 e. The molecule has 1 aliphatic rings. The summed E-state index contributed by atoms with van der Waals surface area (Å²) in [4.78, 5) is 0. The zero-order valence-corrected chi connectivity index (χ0v) is 13.0. The van der Waals surface area contributed by atoms with Crippen LogP contribution in [-0.2, 0) is 5.41 Å². The maximum atomic E-state index is 5.78. The van der Waals surface area contributed by atoms with Crippen molar-refractivity contribution in [1.82, 2.24) is 5.32 Å². The summed E-state index contributed by atoms with van der Waals surface area (Å²) in [6.45, 7) is 8.38. The predicted octanol–water partition coefficient (Wildman–Crippen LogP) is 4.04. The van der Waals surface area contributed by atoms with E-state index in [0.29, 0.717) is 0 Å². The highest BCUT2D eigenvalue weighted by atomic mass is 16.5. The fourth-order valence-electron chi connectivity index (χ4n) is 2.87. The first kappa shape index (κ1) is 14.2. The van der Waals surface area contributed by atoms with Gasteiger partial charge in [0.15, 0.2) is 0 Å². The van der Waals surface area contributed by atoms with Gasteiger partial charge in [0.05, 0.1) is 25.2 Å². The number of furan rings is 1. The van der Waals surface area contributed by atoms with Crippen LogP contribution in [0.4, 0.5) is 0 Å². The number of hydrogen-bond donors (Lipinski definition) is 1. The lowest BCUT2D eigenvalue weighted by molar-refractivity contribution is 0.291. The number of rotatable bonds is 5. The van der Waals surface area contributed by atoms with Gasteiger partial charge >= 0.3 is 0 Å². The van der Waals surface area contributed by atoms with Crippen molar-refractivity contribution in [2.45, 2.75) is 38.6 Å². The minimum absolute atomic E-state index is 0.0804. The van der Waals surface area contributed by atoms with Crippen LogP contribution in [0, 0.1) is 0 Å². The Morgan fingerprint density at radius 3 is 2.81 bits per heavy atom. The lowest BCUT2D eigenvalue weighted by atomic mass is 9.85. The molecule has 0 radical (unpaired) electrons. The van der Waals surface area contributed by atoms with Gasteiger partial charge in [-0.05, 0) is 36.7 Å². The van der Waals surface area contributed by atoms with Crippen molar-refractivity contribution in [2.24, 2.45) is 0 Å². The molecule has 0 saturated carbocycles. The minimum Gasteiger partial charge on any atom is -0.492 e. The lowest BCUT2D eigenvalue weighted by Crippen LogP contribution is -2.23. The summed E-state index contributed by atoms with van der Waals surface area (Å²) in [5.74, 6) is 1.02. The highest BCUT2D eigenvalue weighted by molar-refractivity contribution is 5.47. The van der Waals surface area contributed by atoms with E-state index < -0.39 is 0 Å². The molecule has 3 rings (SSSR count). The average molecular weight is 285 g/mol. The Balaban J connectivity index is 1.97. The predicted molar refractivity (Wildman–Crippen MR) is 83.8 cm³/mol. The summed E-state index contributed by atoms with van der Waals surface area (Å²) in [7, 11) is 0. The molecule has 2 heterocycles. The van der Waals surface area contributed by atoms with Gasteiger partial charge in [0.25, 0.3) is 0 Å². The highest BCUT2D eigenvalue weighted by Gasteiger charge is 2.32. The zero-order valence-electron chi connectivity index (χ0n) is 13.0. The van der Waals surface area contributed by atoms with Gasteiger partial charge in [0.1, 0.15) is 5.75 Å². The molecule has 2 aromatic rings. The Hall–Kier alpha value is -1.74. The van der Waals surface area contributed by atoms with Crippen molar-refractivity contribution in [3.63, 3.8) is 0 Å². The van der Waals surface area contributed by atoms with E-state index in [1.165, 1.54) is 16.7 Å². The van der Waals surface area contributed by atoms with E-state index in [1.807, 2.05) is 12.3 Å². The molecule has 0 aliphatic carbocycles. The molecule has 1 unspecified atom stereocenters. The van der Waals surface area contributed by atoms with E-state index in [2.05, 4.69) is 44.3 Å². The summed E-state index contributed by atoms with van der Waals surface area (Å²) < 4.78 is 11.0. The van der Waals surface area contributed by atoms with Crippen molar-refractivity contribution >= 4 is 0 Å². The summed E-state index contributed by atoms with van der Waals surface area (Å²) >= 11 is 0. The Morgan fingerprint density at radius 1 is 1.24 bits per heavy atom. The van der Waals surface area contributed by atoms with Crippen LogP contribution in [0.1, 0.15) is 49.9 Å². The molecule has 1 aliphatic heterocycles. The summed E-state index contributed by atoms with van der Waals surface area (Å²) in [6, 6.07) is 8.73. The van der Waals surface area contributed by atoms with Crippen molar-refractivity contribution < 1.29 is 9.15 Å². The topological polar surface area (TPSA) is 34.4 Å². The molecule has 21 heavy (non-hydrogen) atoms. The van der Waals surface area contributed by atoms with Crippen LogP contribution in [0.3, 0.4) is 0 Å². The Labute approximate surface area is 126 Å². The monoisotopic (exact) mass is 285 g/mol. The highest BCUT2D eigenvalue weighted by Crippen LogP contribution is 2.40. The quantitative estimate of drug-likeness (QED) is 0.900. The molecular weight excluding hydrogens is 262 g/mol. The number of nitrogens with one attached hydrogen (secondary N) is 1. The third-order valence-electron chi connectivity index (χ3n) is 4.13. The number of ether oxygens (including phenoxy) is 1. The molecule has 0 spiro atoms. The van der Waals surface area contributed by atoms with Gasteiger partial charge in [-0.2, -0.15) is 0 Å². The van der Waals surface area contributed by atoms with E-state index in [9.17, 15) is 0 Å². The largest absolute Gasteiger partial charge is 0.492 e. The Kier molecular flexibility index (Phi) is 3.77. The first-order chi connectivity index (χ1) is 10.1. The SMILES string of the molecule is CCCNC(c1ccoc1)c1ccc2c(c1)C(C)(C)CO2. The molecular formula is C18H23NO2. The molecule has 0 saturated heterocycles. The summed E-state index contributed by atoms with van der Waals surface area (Å²) in [5, 5.41) is 3.61. The summed E-state index contributed by atoms with van der Waals surface area (Å²) in [5.41, 5.74) is 3.81.